The molecule has 10 nitrogen and oxygen atoms in total. The van der Waals surface area contributed by atoms with Crippen LogP contribution in [-0.4, -0.2) is 84.6 Å². The molecule has 1 saturated heterocycles. The first-order valence-corrected chi connectivity index (χ1v) is 14.1. The van der Waals surface area contributed by atoms with E-state index in [-0.39, 0.29) is 34.4 Å². The van der Waals surface area contributed by atoms with E-state index in [9.17, 15) is 9.59 Å². The number of anilines is 4. The lowest BCUT2D eigenvalue weighted by Crippen LogP contribution is -2.52. The summed E-state index contributed by atoms with van der Waals surface area (Å²) in [5, 5.41) is 4.87. The monoisotopic (exact) mass is 536 g/mol. The predicted molar refractivity (Wildman–Crippen MR) is 148 cm³/mol. The molecule has 3 fully saturated rings. The molecule has 208 valence electrons. The van der Waals surface area contributed by atoms with Crippen molar-refractivity contribution in [2.75, 3.05) is 61.9 Å². The Morgan fingerprint density at radius 3 is 2.49 bits per heavy atom. The molecule has 0 unspecified atom stereocenters. The van der Waals surface area contributed by atoms with E-state index in [1.807, 2.05) is 12.1 Å². The van der Waals surface area contributed by atoms with Gasteiger partial charge in [-0.3, -0.25) is 15.0 Å². The van der Waals surface area contributed by atoms with Gasteiger partial charge in [0.15, 0.2) is 5.82 Å². The Hall–Kier alpha value is -3.31. The third-order valence-electron chi connectivity index (χ3n) is 8.93. The first-order chi connectivity index (χ1) is 18.8. The highest BCUT2D eigenvalue weighted by Crippen LogP contribution is 2.49. The van der Waals surface area contributed by atoms with Crippen LogP contribution in [0.15, 0.2) is 24.4 Å². The smallest absolute Gasteiger partial charge is 0.265 e. The van der Waals surface area contributed by atoms with Crippen LogP contribution in [0, 0.1) is 11.2 Å². The first-order valence-electron chi connectivity index (χ1n) is 14.1. The number of nitrogens with one attached hydrogen (secondary N) is 2. The summed E-state index contributed by atoms with van der Waals surface area (Å²) in [7, 11) is 3.85. The Bertz CT molecular complexity index is 1250. The van der Waals surface area contributed by atoms with Crippen LogP contribution in [0.25, 0.3) is 0 Å². The van der Waals surface area contributed by atoms with Crippen molar-refractivity contribution < 1.29 is 14.0 Å². The molecule has 2 aliphatic carbocycles. The number of carbonyl (C=O) groups is 2. The van der Waals surface area contributed by atoms with Crippen LogP contribution in [0.1, 0.15) is 55.3 Å². The number of fused-ring (bicyclic) bond motifs is 1. The molecule has 4 aliphatic rings. The van der Waals surface area contributed by atoms with Crippen molar-refractivity contribution in [2.45, 2.75) is 51.0 Å². The number of amides is 2. The van der Waals surface area contributed by atoms with E-state index >= 15 is 4.39 Å². The first kappa shape index (κ1) is 25.9. The third-order valence-corrected chi connectivity index (χ3v) is 8.93. The van der Waals surface area contributed by atoms with Crippen molar-refractivity contribution in [1.29, 1.82) is 0 Å². The molecule has 2 aromatic rings. The molecule has 1 aromatic heterocycles. The molecule has 2 aliphatic heterocycles. The van der Waals surface area contributed by atoms with Gasteiger partial charge in [-0.15, -0.1) is 0 Å². The molecule has 3 heterocycles. The van der Waals surface area contributed by atoms with E-state index in [0.29, 0.717) is 18.3 Å². The summed E-state index contributed by atoms with van der Waals surface area (Å²) < 4.78 is 15.1. The van der Waals surface area contributed by atoms with Crippen molar-refractivity contribution in [2.24, 2.45) is 5.41 Å². The molecule has 2 N–H and O–H groups in total. The van der Waals surface area contributed by atoms with Crippen LogP contribution < -0.4 is 20.5 Å². The van der Waals surface area contributed by atoms with Crippen LogP contribution in [-0.2, 0) is 4.79 Å². The molecule has 39 heavy (non-hydrogen) atoms. The number of hydrogen-bond acceptors (Lipinski definition) is 8. The van der Waals surface area contributed by atoms with Crippen LogP contribution in [0.2, 0.25) is 0 Å². The van der Waals surface area contributed by atoms with Gasteiger partial charge in [0.05, 0.1) is 17.3 Å². The van der Waals surface area contributed by atoms with Gasteiger partial charge < -0.3 is 20.0 Å². The number of piperazine rings is 1. The fourth-order valence-electron chi connectivity index (χ4n) is 6.31. The number of hydrogen-bond donors (Lipinski definition) is 2. The number of carbonyl (C=O) groups excluding carboxylic acids is 2. The number of aromatic nitrogens is 2. The third kappa shape index (κ3) is 4.93. The largest absolute Gasteiger partial charge is 0.351 e. The highest BCUT2D eigenvalue weighted by Gasteiger charge is 2.51. The summed E-state index contributed by atoms with van der Waals surface area (Å²) in [4.78, 5) is 41.7. The van der Waals surface area contributed by atoms with Crippen LogP contribution in [0.4, 0.5) is 27.5 Å². The van der Waals surface area contributed by atoms with Gasteiger partial charge in [-0.2, -0.15) is 4.98 Å². The predicted octanol–water partition coefficient (Wildman–Crippen LogP) is 3.15. The van der Waals surface area contributed by atoms with Crippen LogP contribution in [0.5, 0.6) is 0 Å². The minimum Gasteiger partial charge on any atom is -0.351 e. The number of halogens is 1. The van der Waals surface area contributed by atoms with E-state index in [0.717, 1.165) is 64.1 Å². The molecule has 6 rings (SSSR count). The summed E-state index contributed by atoms with van der Waals surface area (Å²) in [6.07, 6.45) is 9.01. The van der Waals surface area contributed by atoms with Crippen molar-refractivity contribution in [3.63, 3.8) is 0 Å². The number of likely N-dealkylation sites (N-methyl/N-ethyl adjacent to an activating group) is 1. The summed E-state index contributed by atoms with van der Waals surface area (Å²) in [5.41, 5.74) is 3.63. The van der Waals surface area contributed by atoms with Crippen LogP contribution in [0.3, 0.4) is 0 Å². The van der Waals surface area contributed by atoms with Gasteiger partial charge in [-0.25, -0.2) is 14.4 Å². The quantitative estimate of drug-likeness (QED) is 0.602. The molecule has 1 aromatic carbocycles. The summed E-state index contributed by atoms with van der Waals surface area (Å²) in [6.45, 7) is 3.83. The van der Waals surface area contributed by atoms with Gasteiger partial charge in [-0.1, -0.05) is 19.3 Å². The zero-order valence-electron chi connectivity index (χ0n) is 22.7. The SMILES string of the molecule is CN1CCN(NC(=O)c2ccc(Nc3ncc4c(n3)N(C3CCCC3)CC3(CCC3)C(=O)N4C)c(F)c2)CC1. The zero-order valence-corrected chi connectivity index (χ0v) is 22.7. The van der Waals surface area contributed by atoms with E-state index < -0.39 is 5.82 Å². The molecule has 0 radical (unpaired) electrons. The minimum atomic E-state index is -0.562. The summed E-state index contributed by atoms with van der Waals surface area (Å²) in [5.74, 6) is 0.221. The average molecular weight is 537 g/mol. The molecule has 2 saturated carbocycles. The second kappa shape index (κ2) is 10.3. The second-order valence-electron chi connectivity index (χ2n) is 11.5. The van der Waals surface area contributed by atoms with Gasteiger partial charge in [0.25, 0.3) is 5.91 Å². The highest BCUT2D eigenvalue weighted by molar-refractivity contribution is 6.01. The van der Waals surface area contributed by atoms with Gasteiger partial charge in [0, 0.05) is 51.4 Å². The molecular formula is C28H37FN8O2. The normalized spacial score (nSPS) is 22.0. The maximum Gasteiger partial charge on any atom is 0.265 e. The lowest BCUT2D eigenvalue weighted by molar-refractivity contribution is -0.131. The van der Waals surface area contributed by atoms with E-state index in [2.05, 4.69) is 25.5 Å². The van der Waals surface area contributed by atoms with E-state index in [4.69, 9.17) is 4.98 Å². The van der Waals surface area contributed by atoms with Crippen LogP contribution >= 0.6 is 0 Å². The van der Waals surface area contributed by atoms with E-state index in [1.165, 1.54) is 25.0 Å². The van der Waals surface area contributed by atoms with Gasteiger partial charge >= 0.3 is 0 Å². The number of hydrazine groups is 1. The summed E-state index contributed by atoms with van der Waals surface area (Å²) in [6, 6.07) is 4.70. The molecule has 0 bridgehead atoms. The fourth-order valence-corrected chi connectivity index (χ4v) is 6.31. The minimum absolute atomic E-state index is 0.135. The maximum absolute atomic E-state index is 15.1. The topological polar surface area (TPSA) is 96.9 Å². The lowest BCUT2D eigenvalue weighted by Gasteiger charge is -2.44. The number of nitrogens with zero attached hydrogens (tertiary/aromatic N) is 6. The van der Waals surface area contributed by atoms with Crippen molar-refractivity contribution >= 4 is 35.0 Å². The molecule has 1 spiro atoms. The van der Waals surface area contributed by atoms with Gasteiger partial charge in [-0.05, 0) is 50.9 Å². The number of benzene rings is 1. The van der Waals surface area contributed by atoms with Crippen molar-refractivity contribution in [3.05, 3.63) is 35.8 Å². The Labute approximate surface area is 228 Å². The summed E-state index contributed by atoms with van der Waals surface area (Å²) >= 11 is 0. The Kier molecular flexibility index (Phi) is 6.88. The molecule has 2 amide bonds. The van der Waals surface area contributed by atoms with Crippen molar-refractivity contribution in [1.82, 2.24) is 25.3 Å². The average Bonchev–Trinajstić information content (AvgIpc) is 3.42. The standard InChI is InChI=1S/C28H37FN8O2/c1-34-12-14-36(15-13-34)33-25(38)19-8-9-22(21(29)16-19)31-27-30-17-23-24(32-27)37(20-6-3-4-7-20)18-28(10-5-11-28)26(39)35(23)2/h8-9,16-17,20H,3-7,10-15,18H2,1-2H3,(H,33,38)(H,30,31,32). The van der Waals surface area contributed by atoms with Crippen molar-refractivity contribution in [3.8, 4) is 0 Å². The molecular weight excluding hydrogens is 499 g/mol. The highest BCUT2D eigenvalue weighted by atomic mass is 19.1. The number of rotatable bonds is 5. The molecule has 11 heteroatoms. The van der Waals surface area contributed by atoms with E-state index in [1.54, 1.807) is 24.2 Å². The maximum atomic E-state index is 15.1. The zero-order chi connectivity index (χ0) is 27.1. The lowest BCUT2D eigenvalue weighted by atomic mass is 9.67. The Morgan fingerprint density at radius 1 is 1.08 bits per heavy atom. The van der Waals surface area contributed by atoms with Gasteiger partial charge in [0.1, 0.15) is 11.5 Å². The molecule has 0 atom stereocenters. The second-order valence-corrected chi connectivity index (χ2v) is 11.5. The Balaban J connectivity index is 1.23. The van der Waals surface area contributed by atoms with Gasteiger partial charge in [0.2, 0.25) is 11.9 Å². The fraction of sp³-hybridized carbons (Fsp3) is 0.571. The Morgan fingerprint density at radius 2 is 1.82 bits per heavy atom.